The number of carbonyl (C=O) groups is 1. The van der Waals surface area contributed by atoms with E-state index in [4.69, 9.17) is 14.2 Å². The lowest BCUT2D eigenvalue weighted by Gasteiger charge is -2.22. The van der Waals surface area contributed by atoms with E-state index in [1.54, 1.807) is 20.3 Å². The van der Waals surface area contributed by atoms with Gasteiger partial charge in [0.2, 0.25) is 0 Å². The first-order chi connectivity index (χ1) is 9.17. The number of benzene rings is 1. The number of aryl methyl sites for hydroxylation is 1. The molecule has 1 aliphatic rings. The van der Waals surface area contributed by atoms with Crippen molar-refractivity contribution in [1.29, 1.82) is 0 Å². The van der Waals surface area contributed by atoms with E-state index >= 15 is 0 Å². The second kappa shape index (κ2) is 6.06. The lowest BCUT2D eigenvalue weighted by Crippen LogP contribution is -2.24. The Bertz CT molecular complexity index is 461. The molecule has 0 unspecified atom stereocenters. The van der Waals surface area contributed by atoms with Crippen molar-refractivity contribution >= 4 is 5.78 Å². The van der Waals surface area contributed by atoms with Crippen LogP contribution in [0, 0.1) is 12.8 Å². The Hall–Kier alpha value is -1.55. The maximum atomic E-state index is 12.5. The average Bonchev–Trinajstić information content (AvgIpc) is 2.47. The third kappa shape index (κ3) is 2.89. The zero-order valence-electron chi connectivity index (χ0n) is 11.7. The molecule has 1 aliphatic heterocycles. The monoisotopic (exact) mass is 264 g/mol. The lowest BCUT2D eigenvalue weighted by molar-refractivity contribution is 0.0544. The lowest BCUT2D eigenvalue weighted by atomic mass is 9.89. The summed E-state index contributed by atoms with van der Waals surface area (Å²) in [5, 5.41) is 0. The molecule has 1 heterocycles. The number of rotatable bonds is 4. The van der Waals surface area contributed by atoms with Gasteiger partial charge in [-0.3, -0.25) is 4.79 Å². The van der Waals surface area contributed by atoms with Crippen LogP contribution in [0.4, 0.5) is 0 Å². The summed E-state index contributed by atoms with van der Waals surface area (Å²) in [4.78, 5) is 12.5. The van der Waals surface area contributed by atoms with E-state index < -0.39 is 0 Å². The number of ketones is 1. The molecule has 0 aromatic heterocycles. The van der Waals surface area contributed by atoms with Crippen molar-refractivity contribution in [3.63, 3.8) is 0 Å². The van der Waals surface area contributed by atoms with E-state index in [9.17, 15) is 4.79 Å². The zero-order valence-corrected chi connectivity index (χ0v) is 11.7. The predicted octanol–water partition coefficient (Wildman–Crippen LogP) is 2.62. The molecule has 1 saturated heterocycles. The third-order valence-electron chi connectivity index (χ3n) is 3.59. The minimum Gasteiger partial charge on any atom is -0.493 e. The molecular formula is C15H20O4. The van der Waals surface area contributed by atoms with Crippen LogP contribution < -0.4 is 9.47 Å². The molecule has 1 aromatic carbocycles. The van der Waals surface area contributed by atoms with Gasteiger partial charge >= 0.3 is 0 Å². The van der Waals surface area contributed by atoms with Crippen molar-refractivity contribution in [1.82, 2.24) is 0 Å². The summed E-state index contributed by atoms with van der Waals surface area (Å²) in [6.45, 7) is 3.26. The van der Waals surface area contributed by atoms with Gasteiger partial charge in [0, 0.05) is 24.7 Å². The molecule has 0 amide bonds. The van der Waals surface area contributed by atoms with Crippen LogP contribution >= 0.6 is 0 Å². The van der Waals surface area contributed by atoms with E-state index in [0.717, 1.165) is 24.0 Å². The Morgan fingerprint density at radius 1 is 1.16 bits per heavy atom. The van der Waals surface area contributed by atoms with Crippen LogP contribution in [0.15, 0.2) is 12.1 Å². The molecule has 1 aromatic rings. The Kier molecular flexibility index (Phi) is 4.43. The highest BCUT2D eigenvalue weighted by molar-refractivity contribution is 5.99. The van der Waals surface area contributed by atoms with Crippen LogP contribution in [0.25, 0.3) is 0 Å². The van der Waals surface area contributed by atoms with Crippen LogP contribution in [-0.2, 0) is 4.74 Å². The molecule has 104 valence electrons. The van der Waals surface area contributed by atoms with Gasteiger partial charge in [-0.15, -0.1) is 0 Å². The molecule has 0 saturated carbocycles. The largest absolute Gasteiger partial charge is 0.493 e. The summed E-state index contributed by atoms with van der Waals surface area (Å²) in [5.74, 6) is 1.50. The Labute approximate surface area is 113 Å². The molecule has 0 N–H and O–H groups in total. The normalized spacial score (nSPS) is 16.2. The molecule has 0 radical (unpaired) electrons. The summed E-state index contributed by atoms with van der Waals surface area (Å²) in [6, 6.07) is 3.64. The SMILES string of the molecule is COc1cc(C)c(C(=O)C2CCOCC2)cc1OC. The minimum atomic E-state index is 0.0607. The zero-order chi connectivity index (χ0) is 13.8. The second-order valence-corrected chi connectivity index (χ2v) is 4.77. The third-order valence-corrected chi connectivity index (χ3v) is 3.59. The number of Topliss-reactive ketones (excluding diaryl/α,β-unsaturated/α-hetero) is 1. The Morgan fingerprint density at radius 2 is 1.74 bits per heavy atom. The van der Waals surface area contributed by atoms with Gasteiger partial charge in [-0.05, 0) is 37.5 Å². The number of ether oxygens (including phenoxy) is 3. The maximum Gasteiger partial charge on any atom is 0.166 e. The average molecular weight is 264 g/mol. The summed E-state index contributed by atoms with van der Waals surface area (Å²) in [5.41, 5.74) is 1.65. The van der Waals surface area contributed by atoms with Crippen molar-refractivity contribution in [3.05, 3.63) is 23.3 Å². The van der Waals surface area contributed by atoms with E-state index in [1.807, 2.05) is 13.0 Å². The molecule has 0 spiro atoms. The Morgan fingerprint density at radius 3 is 2.32 bits per heavy atom. The fourth-order valence-electron chi connectivity index (χ4n) is 2.43. The van der Waals surface area contributed by atoms with Crippen molar-refractivity contribution in [2.75, 3.05) is 27.4 Å². The standard InChI is InChI=1S/C15H20O4/c1-10-8-13(17-2)14(18-3)9-12(10)15(16)11-4-6-19-7-5-11/h8-9,11H,4-7H2,1-3H3. The minimum absolute atomic E-state index is 0.0607. The molecule has 4 heteroatoms. The predicted molar refractivity (Wildman–Crippen MR) is 72.2 cm³/mol. The van der Waals surface area contributed by atoms with Gasteiger partial charge in [-0.2, -0.15) is 0 Å². The molecule has 19 heavy (non-hydrogen) atoms. The van der Waals surface area contributed by atoms with Gasteiger partial charge in [0.15, 0.2) is 17.3 Å². The molecule has 0 aliphatic carbocycles. The maximum absolute atomic E-state index is 12.5. The van der Waals surface area contributed by atoms with E-state index in [0.29, 0.717) is 24.7 Å². The van der Waals surface area contributed by atoms with Crippen LogP contribution in [0.1, 0.15) is 28.8 Å². The first-order valence-electron chi connectivity index (χ1n) is 6.52. The number of carbonyl (C=O) groups excluding carboxylic acids is 1. The van der Waals surface area contributed by atoms with Crippen LogP contribution in [0.3, 0.4) is 0 Å². The highest BCUT2D eigenvalue weighted by atomic mass is 16.5. The highest BCUT2D eigenvalue weighted by Crippen LogP contribution is 2.32. The highest BCUT2D eigenvalue weighted by Gasteiger charge is 2.25. The topological polar surface area (TPSA) is 44.8 Å². The summed E-state index contributed by atoms with van der Waals surface area (Å²) < 4.78 is 15.8. The number of hydrogen-bond donors (Lipinski definition) is 0. The first kappa shape index (κ1) is 13.9. The fourth-order valence-corrected chi connectivity index (χ4v) is 2.43. The van der Waals surface area contributed by atoms with Gasteiger partial charge in [-0.1, -0.05) is 0 Å². The summed E-state index contributed by atoms with van der Waals surface area (Å²) >= 11 is 0. The van der Waals surface area contributed by atoms with E-state index in [2.05, 4.69) is 0 Å². The summed E-state index contributed by atoms with van der Waals surface area (Å²) in [7, 11) is 3.17. The Balaban J connectivity index is 2.30. The van der Waals surface area contributed by atoms with Gasteiger partial charge in [0.25, 0.3) is 0 Å². The van der Waals surface area contributed by atoms with Crippen molar-refractivity contribution in [3.8, 4) is 11.5 Å². The molecule has 0 bridgehead atoms. The quantitative estimate of drug-likeness (QED) is 0.784. The molecule has 4 nitrogen and oxygen atoms in total. The van der Waals surface area contributed by atoms with Crippen LogP contribution in [-0.4, -0.2) is 33.2 Å². The molecular weight excluding hydrogens is 244 g/mol. The van der Waals surface area contributed by atoms with Crippen molar-refractivity contribution in [2.24, 2.45) is 5.92 Å². The molecule has 0 atom stereocenters. The second-order valence-electron chi connectivity index (χ2n) is 4.77. The van der Waals surface area contributed by atoms with Gasteiger partial charge in [-0.25, -0.2) is 0 Å². The molecule has 1 fully saturated rings. The van der Waals surface area contributed by atoms with Crippen LogP contribution in [0.2, 0.25) is 0 Å². The number of methoxy groups -OCH3 is 2. The van der Waals surface area contributed by atoms with E-state index in [-0.39, 0.29) is 11.7 Å². The van der Waals surface area contributed by atoms with Gasteiger partial charge in [0.05, 0.1) is 14.2 Å². The fraction of sp³-hybridized carbons (Fsp3) is 0.533. The van der Waals surface area contributed by atoms with Gasteiger partial charge in [0.1, 0.15) is 0 Å². The summed E-state index contributed by atoms with van der Waals surface area (Å²) in [6.07, 6.45) is 1.60. The molecule has 2 rings (SSSR count). The smallest absolute Gasteiger partial charge is 0.166 e. The van der Waals surface area contributed by atoms with Crippen molar-refractivity contribution < 1.29 is 19.0 Å². The van der Waals surface area contributed by atoms with E-state index in [1.165, 1.54) is 0 Å². The van der Waals surface area contributed by atoms with Gasteiger partial charge < -0.3 is 14.2 Å². The first-order valence-corrected chi connectivity index (χ1v) is 6.52. The number of hydrogen-bond acceptors (Lipinski definition) is 4. The van der Waals surface area contributed by atoms with Crippen LogP contribution in [0.5, 0.6) is 11.5 Å². The van der Waals surface area contributed by atoms with Crippen molar-refractivity contribution in [2.45, 2.75) is 19.8 Å².